The van der Waals surface area contributed by atoms with E-state index in [0.717, 1.165) is 13.0 Å². The van der Waals surface area contributed by atoms with E-state index in [1.54, 1.807) is 0 Å². The van der Waals surface area contributed by atoms with Crippen LogP contribution in [0.2, 0.25) is 0 Å². The van der Waals surface area contributed by atoms with Gasteiger partial charge in [-0.3, -0.25) is 0 Å². The maximum atomic E-state index is 5.29. The van der Waals surface area contributed by atoms with Crippen LogP contribution in [-0.2, 0) is 0 Å². The molecular formula is C5H15N3. The van der Waals surface area contributed by atoms with Crippen LogP contribution in [0.5, 0.6) is 0 Å². The van der Waals surface area contributed by atoms with Crippen LogP contribution in [0.15, 0.2) is 0 Å². The predicted octanol–water partition coefficient (Wildman–Crippen LogP) is -0.818. The highest BCUT2D eigenvalue weighted by molar-refractivity contribution is 4.52. The van der Waals surface area contributed by atoms with E-state index < -0.39 is 0 Å². The van der Waals surface area contributed by atoms with Crippen molar-refractivity contribution in [2.75, 3.05) is 20.6 Å². The summed E-state index contributed by atoms with van der Waals surface area (Å²) in [7, 11) is 4.00. The quantitative estimate of drug-likeness (QED) is 0.475. The standard InChI is InChI=1S/C5H15N3/c1-8(2)4-3-5(6)7/h5H,3-4,6-7H2,1-2H3. The van der Waals surface area contributed by atoms with Gasteiger partial charge in [-0.2, -0.15) is 0 Å². The van der Waals surface area contributed by atoms with E-state index in [0.29, 0.717) is 0 Å². The van der Waals surface area contributed by atoms with Crippen LogP contribution in [0.3, 0.4) is 0 Å². The molecular weight excluding hydrogens is 102 g/mol. The fraction of sp³-hybridized carbons (Fsp3) is 1.00. The molecule has 3 nitrogen and oxygen atoms in total. The van der Waals surface area contributed by atoms with Crippen LogP contribution in [0.1, 0.15) is 6.42 Å². The van der Waals surface area contributed by atoms with Gasteiger partial charge in [0.1, 0.15) is 0 Å². The van der Waals surface area contributed by atoms with Gasteiger partial charge in [-0.15, -0.1) is 0 Å². The Kier molecular flexibility index (Phi) is 3.77. The SMILES string of the molecule is CN(C)CCC(N)N. The van der Waals surface area contributed by atoms with Gasteiger partial charge in [0.2, 0.25) is 0 Å². The van der Waals surface area contributed by atoms with Crippen LogP contribution in [-0.4, -0.2) is 31.7 Å². The molecule has 0 fully saturated rings. The van der Waals surface area contributed by atoms with Crippen molar-refractivity contribution in [2.45, 2.75) is 12.6 Å². The third kappa shape index (κ3) is 5.88. The van der Waals surface area contributed by atoms with Crippen molar-refractivity contribution in [2.24, 2.45) is 11.5 Å². The lowest BCUT2D eigenvalue weighted by Crippen LogP contribution is -2.33. The van der Waals surface area contributed by atoms with Crippen LogP contribution >= 0.6 is 0 Å². The molecule has 0 spiro atoms. The normalized spacial score (nSPS) is 11.2. The highest BCUT2D eigenvalue weighted by Gasteiger charge is 1.93. The predicted molar refractivity (Wildman–Crippen MR) is 35.3 cm³/mol. The van der Waals surface area contributed by atoms with E-state index in [1.807, 2.05) is 14.1 Å². The van der Waals surface area contributed by atoms with E-state index in [9.17, 15) is 0 Å². The molecule has 0 aliphatic rings. The average molecular weight is 117 g/mol. The van der Waals surface area contributed by atoms with Crippen LogP contribution in [0, 0.1) is 0 Å². The number of rotatable bonds is 3. The minimum absolute atomic E-state index is 0.155. The Balaban J connectivity index is 2.93. The Morgan fingerprint density at radius 2 is 1.88 bits per heavy atom. The van der Waals surface area contributed by atoms with Crippen LogP contribution < -0.4 is 11.5 Å². The van der Waals surface area contributed by atoms with Crippen LogP contribution in [0.25, 0.3) is 0 Å². The second-order valence-corrected chi connectivity index (χ2v) is 2.26. The summed E-state index contributed by atoms with van der Waals surface area (Å²) in [6, 6.07) is 0. The van der Waals surface area contributed by atoms with Gasteiger partial charge in [0.15, 0.2) is 0 Å². The van der Waals surface area contributed by atoms with Crippen molar-refractivity contribution in [1.82, 2.24) is 4.90 Å². The molecule has 0 aromatic carbocycles. The molecule has 0 saturated carbocycles. The molecule has 8 heavy (non-hydrogen) atoms. The van der Waals surface area contributed by atoms with Gasteiger partial charge in [-0.25, -0.2) is 0 Å². The molecule has 0 radical (unpaired) electrons. The van der Waals surface area contributed by atoms with Crippen molar-refractivity contribution < 1.29 is 0 Å². The summed E-state index contributed by atoms with van der Waals surface area (Å²) >= 11 is 0. The highest BCUT2D eigenvalue weighted by atomic mass is 15.1. The Morgan fingerprint density at radius 3 is 2.00 bits per heavy atom. The topological polar surface area (TPSA) is 55.3 Å². The van der Waals surface area contributed by atoms with Crippen molar-refractivity contribution >= 4 is 0 Å². The summed E-state index contributed by atoms with van der Waals surface area (Å²) in [6.07, 6.45) is 0.713. The smallest absolute Gasteiger partial charge is 0.0533 e. The Hall–Kier alpha value is -0.120. The van der Waals surface area contributed by atoms with E-state index in [2.05, 4.69) is 4.90 Å². The molecule has 0 aliphatic heterocycles. The molecule has 0 aromatic heterocycles. The first kappa shape index (κ1) is 7.88. The summed E-state index contributed by atoms with van der Waals surface area (Å²) in [6.45, 7) is 0.970. The lowest BCUT2D eigenvalue weighted by atomic mass is 10.3. The third-order valence-electron chi connectivity index (χ3n) is 0.910. The van der Waals surface area contributed by atoms with Crippen molar-refractivity contribution in [1.29, 1.82) is 0 Å². The Bertz CT molecular complexity index is 43.6. The van der Waals surface area contributed by atoms with E-state index in [-0.39, 0.29) is 6.17 Å². The number of hydrogen-bond donors (Lipinski definition) is 2. The number of nitrogens with zero attached hydrogens (tertiary/aromatic N) is 1. The Labute approximate surface area is 50.6 Å². The second-order valence-electron chi connectivity index (χ2n) is 2.26. The molecule has 0 atom stereocenters. The van der Waals surface area contributed by atoms with Crippen molar-refractivity contribution in [3.63, 3.8) is 0 Å². The minimum Gasteiger partial charge on any atom is -0.316 e. The highest BCUT2D eigenvalue weighted by Crippen LogP contribution is 1.81. The van der Waals surface area contributed by atoms with Gasteiger partial charge in [0.25, 0.3) is 0 Å². The zero-order chi connectivity index (χ0) is 6.57. The third-order valence-corrected chi connectivity index (χ3v) is 0.910. The monoisotopic (exact) mass is 117 g/mol. The Morgan fingerprint density at radius 1 is 1.38 bits per heavy atom. The molecule has 0 rings (SSSR count). The summed E-state index contributed by atoms with van der Waals surface area (Å²) < 4.78 is 0. The van der Waals surface area contributed by atoms with Gasteiger partial charge >= 0.3 is 0 Å². The molecule has 0 aromatic rings. The average Bonchev–Trinajstić information content (AvgIpc) is 1.61. The lowest BCUT2D eigenvalue weighted by Gasteiger charge is -2.10. The summed E-state index contributed by atoms with van der Waals surface area (Å²) in [4.78, 5) is 2.06. The summed E-state index contributed by atoms with van der Waals surface area (Å²) in [5, 5.41) is 0. The number of nitrogens with two attached hydrogens (primary N) is 2. The fourth-order valence-corrected chi connectivity index (χ4v) is 0.407. The summed E-state index contributed by atoms with van der Waals surface area (Å²) in [5.74, 6) is 0. The van der Waals surface area contributed by atoms with E-state index >= 15 is 0 Å². The van der Waals surface area contributed by atoms with E-state index in [4.69, 9.17) is 11.5 Å². The van der Waals surface area contributed by atoms with Gasteiger partial charge < -0.3 is 16.4 Å². The van der Waals surface area contributed by atoms with Gasteiger partial charge in [-0.05, 0) is 20.5 Å². The van der Waals surface area contributed by atoms with Gasteiger partial charge in [0, 0.05) is 6.54 Å². The largest absolute Gasteiger partial charge is 0.316 e. The molecule has 4 N–H and O–H groups in total. The van der Waals surface area contributed by atoms with Crippen molar-refractivity contribution in [3.8, 4) is 0 Å². The molecule has 0 amide bonds. The summed E-state index contributed by atoms with van der Waals surface area (Å²) in [5.41, 5.74) is 10.6. The first-order valence-corrected chi connectivity index (χ1v) is 2.79. The van der Waals surface area contributed by atoms with E-state index in [1.165, 1.54) is 0 Å². The first-order valence-electron chi connectivity index (χ1n) is 2.79. The first-order chi connectivity index (χ1) is 3.63. The maximum absolute atomic E-state index is 5.29. The van der Waals surface area contributed by atoms with Gasteiger partial charge in [-0.1, -0.05) is 0 Å². The molecule has 0 unspecified atom stereocenters. The zero-order valence-corrected chi connectivity index (χ0v) is 5.59. The second kappa shape index (κ2) is 3.83. The molecule has 0 saturated heterocycles. The molecule has 0 bridgehead atoms. The minimum atomic E-state index is -0.155. The molecule has 50 valence electrons. The van der Waals surface area contributed by atoms with Gasteiger partial charge in [0.05, 0.1) is 6.17 Å². The number of hydrogen-bond acceptors (Lipinski definition) is 3. The lowest BCUT2D eigenvalue weighted by molar-refractivity contribution is 0.382. The molecule has 0 aliphatic carbocycles. The molecule has 0 heterocycles. The maximum Gasteiger partial charge on any atom is 0.0533 e. The molecule has 3 heteroatoms. The van der Waals surface area contributed by atoms with Crippen LogP contribution in [0.4, 0.5) is 0 Å². The fourth-order valence-electron chi connectivity index (χ4n) is 0.407. The van der Waals surface area contributed by atoms with Crippen molar-refractivity contribution in [3.05, 3.63) is 0 Å². The zero-order valence-electron chi connectivity index (χ0n) is 5.59.